The van der Waals surface area contributed by atoms with E-state index < -0.39 is 9.84 Å². The van der Waals surface area contributed by atoms with E-state index >= 15 is 0 Å². The number of sulfone groups is 1. The first kappa shape index (κ1) is 30.6. The number of aryl methyl sites for hydroxylation is 2. The zero-order chi connectivity index (χ0) is 30.2. The number of nitrogens with one attached hydrogen (secondary N) is 2. The number of likely N-dealkylation sites (tertiary alicyclic amines) is 1. The number of nitrogens with zero attached hydrogens (tertiary/aromatic N) is 5. The average Bonchev–Trinajstić information content (AvgIpc) is 3.65. The fourth-order valence-corrected chi connectivity index (χ4v) is 7.36. The van der Waals surface area contributed by atoms with Gasteiger partial charge in [-0.25, -0.2) is 13.4 Å². The standard InChI is InChI=1S/C30H42ClN7O3S/c1-18(2)17-42(39,40)29-26(16-37(6)36-29)33-28-24(31)14-32-30(35-28)34-25-12-20(5)23(13-27(25)41-22-9-10-22)21-8-7-11-38(15-21)19(3)4/h12-14,16,18-19,21-22H,7-11,15,17H2,1-6H3,(H2,32,33,34,35). The van der Waals surface area contributed by atoms with Gasteiger partial charge in [0.05, 0.1) is 29.4 Å². The molecule has 0 radical (unpaired) electrons. The first-order valence-corrected chi connectivity index (χ1v) is 16.8. The highest BCUT2D eigenvalue weighted by Gasteiger charge is 2.29. The molecule has 12 heteroatoms. The van der Waals surface area contributed by atoms with Crippen molar-refractivity contribution in [3.05, 3.63) is 40.7 Å². The van der Waals surface area contributed by atoms with Crippen molar-refractivity contribution < 1.29 is 13.2 Å². The summed E-state index contributed by atoms with van der Waals surface area (Å²) >= 11 is 6.46. The van der Waals surface area contributed by atoms with E-state index in [0.717, 1.165) is 43.8 Å². The van der Waals surface area contributed by atoms with Gasteiger partial charge in [0.15, 0.2) is 15.7 Å². The van der Waals surface area contributed by atoms with Crippen molar-refractivity contribution in [1.82, 2.24) is 24.6 Å². The highest BCUT2D eigenvalue weighted by Crippen LogP contribution is 2.40. The van der Waals surface area contributed by atoms with E-state index in [9.17, 15) is 8.42 Å². The lowest BCUT2D eigenvalue weighted by Gasteiger charge is -2.36. The van der Waals surface area contributed by atoms with Crippen molar-refractivity contribution >= 4 is 44.6 Å². The monoisotopic (exact) mass is 615 g/mol. The van der Waals surface area contributed by atoms with Gasteiger partial charge in [-0.2, -0.15) is 10.1 Å². The van der Waals surface area contributed by atoms with Gasteiger partial charge in [-0.05, 0) is 88.1 Å². The first-order valence-electron chi connectivity index (χ1n) is 14.8. The van der Waals surface area contributed by atoms with Crippen molar-refractivity contribution in [2.24, 2.45) is 13.0 Å². The van der Waals surface area contributed by atoms with E-state index in [4.69, 9.17) is 16.3 Å². The van der Waals surface area contributed by atoms with E-state index in [0.29, 0.717) is 23.6 Å². The number of hydrogen-bond acceptors (Lipinski definition) is 9. The molecule has 2 aromatic heterocycles. The quantitative estimate of drug-likeness (QED) is 0.259. The molecule has 228 valence electrons. The molecule has 10 nitrogen and oxygen atoms in total. The summed E-state index contributed by atoms with van der Waals surface area (Å²) in [5, 5.41) is 10.8. The van der Waals surface area contributed by atoms with E-state index in [-0.39, 0.29) is 33.6 Å². The lowest BCUT2D eigenvalue weighted by Crippen LogP contribution is -2.39. The van der Waals surface area contributed by atoms with Crippen LogP contribution in [0, 0.1) is 12.8 Å². The number of anilines is 4. The molecule has 1 aliphatic heterocycles. The number of piperidine rings is 1. The Morgan fingerprint density at radius 1 is 1.12 bits per heavy atom. The minimum Gasteiger partial charge on any atom is -0.488 e. The second-order valence-electron chi connectivity index (χ2n) is 12.3. The fourth-order valence-electron chi connectivity index (χ4n) is 5.50. The molecule has 1 saturated heterocycles. The summed E-state index contributed by atoms with van der Waals surface area (Å²) in [6, 6.07) is 4.84. The van der Waals surface area contributed by atoms with Gasteiger partial charge in [-0.1, -0.05) is 25.4 Å². The third-order valence-corrected chi connectivity index (χ3v) is 9.97. The predicted molar refractivity (Wildman–Crippen MR) is 167 cm³/mol. The van der Waals surface area contributed by atoms with Crippen LogP contribution < -0.4 is 15.4 Å². The molecule has 2 N–H and O–H groups in total. The maximum Gasteiger partial charge on any atom is 0.229 e. The van der Waals surface area contributed by atoms with Crippen LogP contribution in [0.5, 0.6) is 5.75 Å². The van der Waals surface area contributed by atoms with Gasteiger partial charge in [0.2, 0.25) is 11.0 Å². The molecule has 2 fully saturated rings. The first-order chi connectivity index (χ1) is 19.9. The molecule has 42 heavy (non-hydrogen) atoms. The molecular weight excluding hydrogens is 574 g/mol. The summed E-state index contributed by atoms with van der Waals surface area (Å²) in [5.74, 6) is 1.78. The maximum atomic E-state index is 13.0. The van der Waals surface area contributed by atoms with Gasteiger partial charge in [0, 0.05) is 25.8 Å². The van der Waals surface area contributed by atoms with Crippen LogP contribution in [-0.4, -0.2) is 64.1 Å². The van der Waals surface area contributed by atoms with Crippen LogP contribution >= 0.6 is 11.6 Å². The van der Waals surface area contributed by atoms with Crippen LogP contribution in [0.1, 0.15) is 70.4 Å². The van der Waals surface area contributed by atoms with E-state index in [2.05, 4.69) is 63.5 Å². The Bertz CT molecular complexity index is 1540. The zero-order valence-electron chi connectivity index (χ0n) is 25.3. The van der Waals surface area contributed by atoms with Crippen molar-refractivity contribution in [1.29, 1.82) is 0 Å². The Labute approximate surface area is 254 Å². The van der Waals surface area contributed by atoms with Crippen LogP contribution in [0.2, 0.25) is 5.02 Å². The van der Waals surface area contributed by atoms with Crippen molar-refractivity contribution in [3.8, 4) is 5.75 Å². The van der Waals surface area contributed by atoms with Gasteiger partial charge >= 0.3 is 0 Å². The van der Waals surface area contributed by atoms with Gasteiger partial charge in [-0.15, -0.1) is 0 Å². The minimum absolute atomic E-state index is 0.0154. The smallest absolute Gasteiger partial charge is 0.229 e. The maximum absolute atomic E-state index is 13.0. The van der Waals surface area contributed by atoms with Crippen molar-refractivity contribution in [2.75, 3.05) is 29.5 Å². The molecule has 3 heterocycles. The third-order valence-electron chi connectivity index (χ3n) is 7.70. The summed E-state index contributed by atoms with van der Waals surface area (Å²) in [7, 11) is -1.94. The second-order valence-corrected chi connectivity index (χ2v) is 14.6. The second kappa shape index (κ2) is 12.4. The molecule has 0 amide bonds. The Hall–Kier alpha value is -2.89. The minimum atomic E-state index is -3.62. The zero-order valence-corrected chi connectivity index (χ0v) is 26.9. The molecule has 1 atom stereocenters. The molecule has 1 aromatic carbocycles. The molecule has 0 bridgehead atoms. The SMILES string of the molecule is Cc1cc(Nc2ncc(Cl)c(Nc3cn(C)nc3S(=O)(=O)CC(C)C)n2)c(OC2CC2)cc1C1CCCN(C(C)C)C1. The summed E-state index contributed by atoms with van der Waals surface area (Å²) in [6.45, 7) is 12.6. The van der Waals surface area contributed by atoms with Crippen LogP contribution in [0.25, 0.3) is 0 Å². The Morgan fingerprint density at radius 3 is 2.57 bits per heavy atom. The molecule has 3 aromatic rings. The van der Waals surface area contributed by atoms with Gasteiger partial charge in [0.25, 0.3) is 0 Å². The summed E-state index contributed by atoms with van der Waals surface area (Å²) in [4.78, 5) is 11.6. The fraction of sp³-hybridized carbons (Fsp3) is 0.567. The largest absolute Gasteiger partial charge is 0.488 e. The van der Waals surface area contributed by atoms with E-state index in [1.54, 1.807) is 13.2 Å². The Balaban J connectivity index is 1.42. The summed E-state index contributed by atoms with van der Waals surface area (Å²) in [6.07, 6.45) is 7.76. The number of rotatable bonds is 11. The predicted octanol–water partition coefficient (Wildman–Crippen LogP) is 6.22. The number of ether oxygens (including phenoxy) is 1. The van der Waals surface area contributed by atoms with Gasteiger partial charge in [-0.3, -0.25) is 4.68 Å². The summed E-state index contributed by atoms with van der Waals surface area (Å²) < 4.78 is 33.8. The average molecular weight is 616 g/mol. The number of hydrogen-bond donors (Lipinski definition) is 2. The van der Waals surface area contributed by atoms with E-state index in [1.165, 1.54) is 28.4 Å². The highest BCUT2D eigenvalue weighted by atomic mass is 35.5. The number of halogens is 1. The topological polar surface area (TPSA) is 114 Å². The van der Waals surface area contributed by atoms with Gasteiger partial charge in [0.1, 0.15) is 10.8 Å². The van der Waals surface area contributed by atoms with Crippen molar-refractivity contribution in [2.45, 2.75) is 83.4 Å². The molecule has 1 saturated carbocycles. The highest BCUT2D eigenvalue weighted by molar-refractivity contribution is 7.91. The third kappa shape index (κ3) is 7.18. The molecular formula is C30H42ClN7O3S. The van der Waals surface area contributed by atoms with Crippen LogP contribution in [0.15, 0.2) is 29.6 Å². The van der Waals surface area contributed by atoms with Crippen LogP contribution in [0.4, 0.5) is 23.1 Å². The molecule has 1 unspecified atom stereocenters. The van der Waals surface area contributed by atoms with Crippen molar-refractivity contribution in [3.63, 3.8) is 0 Å². The van der Waals surface area contributed by atoms with Gasteiger partial charge < -0.3 is 20.3 Å². The molecule has 0 spiro atoms. The molecule has 1 aliphatic carbocycles. The normalized spacial score (nSPS) is 18.1. The van der Waals surface area contributed by atoms with Crippen LogP contribution in [0.3, 0.4) is 0 Å². The lowest BCUT2D eigenvalue weighted by atomic mass is 9.87. The lowest BCUT2D eigenvalue weighted by molar-refractivity contribution is 0.167. The number of benzene rings is 1. The number of aromatic nitrogens is 4. The summed E-state index contributed by atoms with van der Waals surface area (Å²) in [5.41, 5.74) is 3.62. The molecule has 2 aliphatic rings. The Kier molecular flexibility index (Phi) is 9.01. The van der Waals surface area contributed by atoms with Crippen LogP contribution in [-0.2, 0) is 16.9 Å². The molecule has 5 rings (SSSR count). The Morgan fingerprint density at radius 2 is 1.88 bits per heavy atom. The van der Waals surface area contributed by atoms with E-state index in [1.807, 2.05) is 13.8 Å².